The van der Waals surface area contributed by atoms with Crippen LogP contribution >= 0.6 is 0 Å². The van der Waals surface area contributed by atoms with E-state index in [1.54, 1.807) is 30.6 Å². The van der Waals surface area contributed by atoms with Gasteiger partial charge in [-0.25, -0.2) is 9.18 Å². The first-order chi connectivity index (χ1) is 9.20. The number of carbonyl (C=O) groups excluding carboxylic acids is 1. The smallest absolute Gasteiger partial charge is 0.340 e. The summed E-state index contributed by atoms with van der Waals surface area (Å²) in [6.07, 6.45) is 3.26. The lowest BCUT2D eigenvalue weighted by molar-refractivity contribution is 0.0595. The van der Waals surface area contributed by atoms with E-state index >= 15 is 0 Å². The molecule has 94 valence electrons. The van der Waals surface area contributed by atoms with Crippen LogP contribution in [0.5, 0.6) is 0 Å². The zero-order valence-electron chi connectivity index (χ0n) is 10.2. The Kier molecular flexibility index (Phi) is 3.89. The highest BCUT2D eigenvalue weighted by atomic mass is 19.1. The van der Waals surface area contributed by atoms with Crippen molar-refractivity contribution in [2.24, 2.45) is 0 Å². The van der Waals surface area contributed by atoms with Crippen LogP contribution in [0.3, 0.4) is 0 Å². The molecule has 0 saturated carbocycles. The number of esters is 1. The molecule has 2 rings (SSSR count). The Hall–Kier alpha value is -2.67. The molecule has 4 heteroatoms. The third kappa shape index (κ3) is 3.17. The average molecular weight is 255 g/mol. The van der Waals surface area contributed by atoms with E-state index in [1.165, 1.54) is 19.2 Å². The molecule has 0 radical (unpaired) electrons. The van der Waals surface area contributed by atoms with E-state index in [1.807, 2.05) is 0 Å². The van der Waals surface area contributed by atoms with Gasteiger partial charge in [-0.15, -0.1) is 0 Å². The minimum absolute atomic E-state index is 0.100. The van der Waals surface area contributed by atoms with E-state index in [9.17, 15) is 9.18 Å². The summed E-state index contributed by atoms with van der Waals surface area (Å²) in [5.74, 6) is 4.35. The van der Waals surface area contributed by atoms with Crippen molar-refractivity contribution < 1.29 is 13.9 Å². The van der Waals surface area contributed by atoms with Crippen LogP contribution < -0.4 is 0 Å². The fourth-order valence-electron chi connectivity index (χ4n) is 1.45. The maximum Gasteiger partial charge on any atom is 0.340 e. The van der Waals surface area contributed by atoms with Crippen LogP contribution in [-0.4, -0.2) is 18.1 Å². The number of rotatable bonds is 1. The van der Waals surface area contributed by atoms with Gasteiger partial charge < -0.3 is 4.74 Å². The van der Waals surface area contributed by atoms with E-state index in [4.69, 9.17) is 0 Å². The van der Waals surface area contributed by atoms with Gasteiger partial charge in [-0.1, -0.05) is 11.8 Å². The van der Waals surface area contributed by atoms with Crippen LogP contribution in [0.15, 0.2) is 42.7 Å². The van der Waals surface area contributed by atoms with Crippen LogP contribution in [0, 0.1) is 17.7 Å². The number of methoxy groups -OCH3 is 1. The molecular formula is C15H10FNO2. The van der Waals surface area contributed by atoms with Gasteiger partial charge in [0.05, 0.1) is 12.7 Å². The number of hydrogen-bond donors (Lipinski definition) is 0. The van der Waals surface area contributed by atoms with Crippen molar-refractivity contribution in [2.45, 2.75) is 0 Å². The summed E-state index contributed by atoms with van der Waals surface area (Å²) in [5, 5.41) is 0. The molecule has 0 aliphatic rings. The molecular weight excluding hydrogens is 245 g/mol. The Balaban J connectivity index is 2.27. The summed E-state index contributed by atoms with van der Waals surface area (Å²) in [4.78, 5) is 15.1. The highest BCUT2D eigenvalue weighted by Gasteiger charge is 2.11. The van der Waals surface area contributed by atoms with Gasteiger partial charge in [-0.3, -0.25) is 4.98 Å². The molecule has 1 aromatic heterocycles. The van der Waals surface area contributed by atoms with Crippen molar-refractivity contribution in [3.05, 3.63) is 65.2 Å². The molecule has 0 saturated heterocycles. The minimum atomic E-state index is -0.703. The normalized spacial score (nSPS) is 9.37. The molecule has 0 N–H and O–H groups in total. The van der Waals surface area contributed by atoms with Gasteiger partial charge >= 0.3 is 5.97 Å². The first-order valence-corrected chi connectivity index (χ1v) is 5.50. The molecule has 2 aromatic rings. The first kappa shape index (κ1) is 12.8. The minimum Gasteiger partial charge on any atom is -0.465 e. The van der Waals surface area contributed by atoms with Gasteiger partial charge in [0.2, 0.25) is 0 Å². The van der Waals surface area contributed by atoms with E-state index in [0.29, 0.717) is 5.56 Å². The highest BCUT2D eigenvalue weighted by Crippen LogP contribution is 2.11. The van der Waals surface area contributed by atoms with Crippen molar-refractivity contribution >= 4 is 5.97 Å². The Bertz CT molecular complexity index is 657. The van der Waals surface area contributed by atoms with E-state index in [-0.39, 0.29) is 5.56 Å². The molecule has 0 unspecified atom stereocenters. The monoisotopic (exact) mass is 255 g/mol. The number of ether oxygens (including phenoxy) is 1. The summed E-state index contributed by atoms with van der Waals surface area (Å²) >= 11 is 0. The Morgan fingerprint density at radius 3 is 2.47 bits per heavy atom. The summed E-state index contributed by atoms with van der Waals surface area (Å²) in [6, 6.07) is 7.65. The zero-order chi connectivity index (χ0) is 13.7. The fourth-order valence-corrected chi connectivity index (χ4v) is 1.45. The fraction of sp³-hybridized carbons (Fsp3) is 0.0667. The summed E-state index contributed by atoms with van der Waals surface area (Å²) < 4.78 is 18.1. The van der Waals surface area contributed by atoms with Gasteiger partial charge in [-0.05, 0) is 30.3 Å². The number of halogens is 1. The topological polar surface area (TPSA) is 39.2 Å². The van der Waals surface area contributed by atoms with Crippen molar-refractivity contribution in [1.82, 2.24) is 4.98 Å². The lowest BCUT2D eigenvalue weighted by Gasteiger charge is -2.00. The van der Waals surface area contributed by atoms with E-state index < -0.39 is 11.8 Å². The second-order valence-electron chi connectivity index (χ2n) is 3.67. The van der Waals surface area contributed by atoms with E-state index in [2.05, 4.69) is 21.6 Å². The lowest BCUT2D eigenvalue weighted by atomic mass is 10.1. The standard InChI is InChI=1S/C15H10FNO2/c1-19-15(18)13-5-4-12(10-14(13)16)3-2-11-6-8-17-9-7-11/h4-10H,1H3. The second-order valence-corrected chi connectivity index (χ2v) is 3.67. The third-order valence-electron chi connectivity index (χ3n) is 2.41. The van der Waals surface area contributed by atoms with E-state index in [0.717, 1.165) is 5.56 Å². The Morgan fingerprint density at radius 2 is 1.84 bits per heavy atom. The molecule has 0 aliphatic carbocycles. The molecule has 19 heavy (non-hydrogen) atoms. The molecule has 0 bridgehead atoms. The molecule has 0 aliphatic heterocycles. The number of nitrogens with zero attached hydrogens (tertiary/aromatic N) is 1. The van der Waals surface area contributed by atoms with Crippen LogP contribution in [0.4, 0.5) is 4.39 Å². The number of aromatic nitrogens is 1. The van der Waals surface area contributed by atoms with Crippen LogP contribution in [-0.2, 0) is 4.74 Å². The highest BCUT2D eigenvalue weighted by molar-refractivity contribution is 5.89. The number of benzene rings is 1. The summed E-state index contributed by atoms with van der Waals surface area (Å²) in [6.45, 7) is 0. The summed E-state index contributed by atoms with van der Waals surface area (Å²) in [5.41, 5.74) is 1.17. The van der Waals surface area contributed by atoms with Crippen LogP contribution in [0.1, 0.15) is 21.5 Å². The SMILES string of the molecule is COC(=O)c1ccc(C#Cc2ccncc2)cc1F. The van der Waals surface area contributed by atoms with Gasteiger partial charge in [0.15, 0.2) is 0 Å². The quantitative estimate of drug-likeness (QED) is 0.580. The predicted molar refractivity (Wildman–Crippen MR) is 68.0 cm³/mol. The molecule has 3 nitrogen and oxygen atoms in total. The largest absolute Gasteiger partial charge is 0.465 e. The Morgan fingerprint density at radius 1 is 1.16 bits per heavy atom. The Labute approximate surface area is 110 Å². The number of hydrogen-bond acceptors (Lipinski definition) is 3. The van der Waals surface area contributed by atoms with Gasteiger partial charge in [0.1, 0.15) is 5.82 Å². The number of pyridine rings is 1. The van der Waals surface area contributed by atoms with Crippen molar-refractivity contribution in [3.63, 3.8) is 0 Å². The maximum atomic E-state index is 13.6. The van der Waals surface area contributed by atoms with Gasteiger partial charge in [0, 0.05) is 23.5 Å². The first-order valence-electron chi connectivity index (χ1n) is 5.50. The third-order valence-corrected chi connectivity index (χ3v) is 2.41. The molecule has 1 heterocycles. The van der Waals surface area contributed by atoms with Gasteiger partial charge in [0.25, 0.3) is 0 Å². The maximum absolute atomic E-state index is 13.6. The van der Waals surface area contributed by atoms with Crippen molar-refractivity contribution in [1.29, 1.82) is 0 Å². The molecule has 1 aromatic carbocycles. The lowest BCUT2D eigenvalue weighted by Crippen LogP contribution is -2.04. The van der Waals surface area contributed by atoms with Crippen molar-refractivity contribution in [2.75, 3.05) is 7.11 Å². The average Bonchev–Trinajstić information content (AvgIpc) is 2.45. The second kappa shape index (κ2) is 5.78. The number of carbonyl (C=O) groups is 1. The van der Waals surface area contributed by atoms with Crippen molar-refractivity contribution in [3.8, 4) is 11.8 Å². The molecule has 0 atom stereocenters. The molecule has 0 fully saturated rings. The summed E-state index contributed by atoms with van der Waals surface area (Å²) in [7, 11) is 1.21. The molecule has 0 spiro atoms. The zero-order valence-corrected chi connectivity index (χ0v) is 10.2. The van der Waals surface area contributed by atoms with Crippen LogP contribution in [0.25, 0.3) is 0 Å². The predicted octanol–water partition coefficient (Wildman–Crippen LogP) is 2.41. The molecule has 0 amide bonds. The van der Waals surface area contributed by atoms with Gasteiger partial charge in [-0.2, -0.15) is 0 Å². The van der Waals surface area contributed by atoms with Crippen LogP contribution in [0.2, 0.25) is 0 Å².